The van der Waals surface area contributed by atoms with E-state index in [0.29, 0.717) is 17.6 Å². The second-order valence-electron chi connectivity index (χ2n) is 12.9. The number of aromatic nitrogens is 5. The first-order valence-corrected chi connectivity index (χ1v) is 16.9. The molecule has 0 unspecified atom stereocenters. The lowest BCUT2D eigenvalue weighted by Crippen LogP contribution is -2.06. The normalized spacial score (nSPS) is 12.0. The van der Waals surface area contributed by atoms with Crippen LogP contribution in [0.5, 0.6) is 0 Å². The summed E-state index contributed by atoms with van der Waals surface area (Å²) in [5.74, 6) is 1.85. The van der Waals surface area contributed by atoms with E-state index < -0.39 is 0 Å². The number of rotatable bonds is 4. The van der Waals surface area contributed by atoms with E-state index in [0.717, 1.165) is 44.1 Å². The predicted molar refractivity (Wildman–Crippen MR) is 205 cm³/mol. The quantitative estimate of drug-likeness (QED) is 0.193. The summed E-state index contributed by atoms with van der Waals surface area (Å²) < 4.78 is 4.58. The lowest BCUT2D eigenvalue weighted by Gasteiger charge is -2.13. The van der Waals surface area contributed by atoms with E-state index in [-0.39, 0.29) is 0 Å². The van der Waals surface area contributed by atoms with Crippen LogP contribution in [-0.2, 0) is 0 Å². The Morgan fingerprint density at radius 3 is 1.62 bits per heavy atom. The molecule has 0 spiro atoms. The number of para-hydroxylation sites is 4. The minimum absolute atomic E-state index is 0.591. The van der Waals surface area contributed by atoms with Gasteiger partial charge in [0.1, 0.15) is 0 Å². The summed E-state index contributed by atoms with van der Waals surface area (Å²) in [7, 11) is 0. The lowest BCUT2D eigenvalue weighted by atomic mass is 9.97. The van der Waals surface area contributed by atoms with Crippen LogP contribution in [0.4, 0.5) is 0 Å². The fourth-order valence-corrected chi connectivity index (χ4v) is 7.97. The van der Waals surface area contributed by atoms with Crippen LogP contribution in [0.25, 0.3) is 99.8 Å². The van der Waals surface area contributed by atoms with E-state index in [2.05, 4.69) is 155 Å². The molecule has 232 valence electrons. The highest BCUT2D eigenvalue weighted by atomic mass is 15.2. The Morgan fingerprint density at radius 1 is 0.340 bits per heavy atom. The van der Waals surface area contributed by atoms with Crippen LogP contribution in [0.1, 0.15) is 0 Å². The van der Waals surface area contributed by atoms with E-state index >= 15 is 0 Å². The van der Waals surface area contributed by atoms with E-state index in [4.69, 9.17) is 15.0 Å². The Labute approximate surface area is 286 Å². The van der Waals surface area contributed by atoms with Gasteiger partial charge in [0.2, 0.25) is 5.95 Å². The molecule has 0 aliphatic carbocycles. The Balaban J connectivity index is 1.16. The van der Waals surface area contributed by atoms with Gasteiger partial charge in [0.05, 0.1) is 27.6 Å². The lowest BCUT2D eigenvalue weighted by molar-refractivity contribution is 0.953. The van der Waals surface area contributed by atoms with Crippen molar-refractivity contribution >= 4 is 59.9 Å². The second kappa shape index (κ2) is 10.3. The zero-order chi connectivity index (χ0) is 32.8. The van der Waals surface area contributed by atoms with Crippen molar-refractivity contribution in [3.05, 3.63) is 164 Å². The Hall–Kier alpha value is -6.85. The fourth-order valence-electron chi connectivity index (χ4n) is 7.97. The van der Waals surface area contributed by atoms with Gasteiger partial charge in [-0.25, -0.2) is 4.98 Å². The molecule has 11 aromatic rings. The zero-order valence-electron chi connectivity index (χ0n) is 26.8. The largest absolute Gasteiger partial charge is 0.308 e. The van der Waals surface area contributed by atoms with Crippen LogP contribution >= 0.6 is 0 Å². The molecule has 4 heterocycles. The summed E-state index contributed by atoms with van der Waals surface area (Å²) in [5.41, 5.74) is 9.91. The predicted octanol–water partition coefficient (Wildman–Crippen LogP) is 11.1. The molecule has 7 aromatic carbocycles. The highest BCUT2D eigenvalue weighted by Crippen LogP contribution is 2.41. The van der Waals surface area contributed by atoms with Crippen LogP contribution in [0.3, 0.4) is 0 Å². The molecular weight excluding hydrogens is 611 g/mol. The number of hydrogen-bond acceptors (Lipinski definition) is 3. The van der Waals surface area contributed by atoms with Gasteiger partial charge in [0.25, 0.3) is 0 Å². The van der Waals surface area contributed by atoms with Gasteiger partial charge in [-0.05, 0) is 41.5 Å². The number of nitrogens with zero attached hydrogens (tertiary/aromatic N) is 5. The smallest absolute Gasteiger partial charge is 0.238 e. The molecule has 0 aliphatic heterocycles. The molecule has 5 nitrogen and oxygen atoms in total. The Morgan fingerprint density at radius 2 is 0.880 bits per heavy atom. The maximum absolute atomic E-state index is 5.26. The molecule has 0 saturated carbocycles. The molecule has 0 saturated heterocycles. The third-order valence-corrected chi connectivity index (χ3v) is 10.1. The minimum atomic E-state index is 0.591. The number of fused-ring (bicyclic) bond motifs is 9. The average molecular weight is 638 g/mol. The molecule has 5 heteroatoms. The van der Waals surface area contributed by atoms with E-state index in [9.17, 15) is 0 Å². The van der Waals surface area contributed by atoms with Gasteiger partial charge in [-0.1, -0.05) is 133 Å². The zero-order valence-corrected chi connectivity index (χ0v) is 26.8. The third-order valence-electron chi connectivity index (χ3n) is 10.1. The SMILES string of the molecule is c1ccc(-c2nc(-c3ccccc3-c3ccc4c(c3)c3cccc5c6ccccc6n4c53)nc(-n3c4ccccc4c4ccccc43)n2)cc1. The number of hydrogen-bond donors (Lipinski definition) is 0. The monoisotopic (exact) mass is 637 g/mol. The summed E-state index contributed by atoms with van der Waals surface area (Å²) in [4.78, 5) is 15.5. The summed E-state index contributed by atoms with van der Waals surface area (Å²) >= 11 is 0. The summed E-state index contributed by atoms with van der Waals surface area (Å²) in [6, 6.07) is 57.7. The molecule has 0 amide bonds. The highest BCUT2D eigenvalue weighted by molar-refractivity contribution is 6.23. The Bertz CT molecular complexity index is 3040. The number of benzene rings is 7. The third kappa shape index (κ3) is 3.80. The van der Waals surface area contributed by atoms with Gasteiger partial charge < -0.3 is 4.40 Å². The van der Waals surface area contributed by atoms with Crippen molar-refractivity contribution in [1.82, 2.24) is 23.9 Å². The highest BCUT2D eigenvalue weighted by Gasteiger charge is 2.21. The molecule has 4 aromatic heterocycles. The summed E-state index contributed by atoms with van der Waals surface area (Å²) in [5, 5.41) is 7.39. The van der Waals surface area contributed by atoms with Crippen LogP contribution in [0.15, 0.2) is 164 Å². The van der Waals surface area contributed by atoms with Gasteiger partial charge >= 0.3 is 0 Å². The first-order valence-electron chi connectivity index (χ1n) is 16.9. The van der Waals surface area contributed by atoms with Gasteiger partial charge in [-0.3, -0.25) is 4.57 Å². The summed E-state index contributed by atoms with van der Waals surface area (Å²) in [6.45, 7) is 0. The van der Waals surface area contributed by atoms with Crippen LogP contribution in [0.2, 0.25) is 0 Å². The average Bonchev–Trinajstić information content (AvgIpc) is 3.83. The van der Waals surface area contributed by atoms with Gasteiger partial charge in [-0.2, -0.15) is 9.97 Å². The fraction of sp³-hybridized carbons (Fsp3) is 0. The molecule has 0 radical (unpaired) electrons. The second-order valence-corrected chi connectivity index (χ2v) is 12.9. The first-order chi connectivity index (χ1) is 24.8. The van der Waals surface area contributed by atoms with Crippen LogP contribution in [0, 0.1) is 0 Å². The van der Waals surface area contributed by atoms with Crippen molar-refractivity contribution in [2.75, 3.05) is 0 Å². The van der Waals surface area contributed by atoms with Gasteiger partial charge in [-0.15, -0.1) is 0 Å². The molecular formula is C45H27N5. The molecule has 11 rings (SSSR count). The van der Waals surface area contributed by atoms with Crippen molar-refractivity contribution in [1.29, 1.82) is 0 Å². The maximum Gasteiger partial charge on any atom is 0.238 e. The molecule has 50 heavy (non-hydrogen) atoms. The van der Waals surface area contributed by atoms with E-state index in [1.54, 1.807) is 0 Å². The maximum atomic E-state index is 5.26. The molecule has 0 aliphatic rings. The van der Waals surface area contributed by atoms with Crippen molar-refractivity contribution < 1.29 is 0 Å². The van der Waals surface area contributed by atoms with E-state index in [1.807, 2.05) is 18.2 Å². The molecule has 0 bridgehead atoms. The first kappa shape index (κ1) is 27.1. The van der Waals surface area contributed by atoms with Crippen molar-refractivity contribution in [3.8, 4) is 39.9 Å². The van der Waals surface area contributed by atoms with Gasteiger partial charge in [0.15, 0.2) is 11.6 Å². The minimum Gasteiger partial charge on any atom is -0.308 e. The molecule has 0 atom stereocenters. The Kier molecular flexibility index (Phi) is 5.60. The standard InChI is InChI=1S/C45H27N5/c1-2-13-28(14-3-1)43-46-44(48-45(47-43)50-39-23-10-6-16-31(39)32-17-7-11-24-40(32)50)36-19-5-4-15-30(36)29-25-26-41-37(27-29)35-21-12-20-34-33-18-8-9-22-38(33)49(41)42(34)35/h1-27H. The van der Waals surface area contributed by atoms with Crippen molar-refractivity contribution in [2.24, 2.45) is 0 Å². The van der Waals surface area contributed by atoms with E-state index in [1.165, 1.54) is 38.1 Å². The van der Waals surface area contributed by atoms with Crippen molar-refractivity contribution in [2.45, 2.75) is 0 Å². The van der Waals surface area contributed by atoms with Crippen LogP contribution < -0.4 is 0 Å². The summed E-state index contributed by atoms with van der Waals surface area (Å²) in [6.07, 6.45) is 0. The topological polar surface area (TPSA) is 48.0 Å². The van der Waals surface area contributed by atoms with Crippen molar-refractivity contribution in [3.63, 3.8) is 0 Å². The molecule has 0 fully saturated rings. The van der Waals surface area contributed by atoms with Gasteiger partial charge in [0, 0.05) is 43.4 Å². The molecule has 0 N–H and O–H groups in total. The van der Waals surface area contributed by atoms with Crippen LogP contribution in [-0.4, -0.2) is 23.9 Å².